The molecular weight excluding hydrogens is 154 g/mol. The minimum Gasteiger partial charge on any atom is -0.330 e. The Bertz CT molecular complexity index is 119. The fraction of sp³-hybridized carbons (Fsp3) is 1.00. The molecule has 0 heterocycles. The molecule has 0 unspecified atom stereocenters. The molecule has 0 spiro atoms. The molecule has 0 atom stereocenters. The van der Waals surface area contributed by atoms with Crippen molar-refractivity contribution in [2.45, 2.75) is 49.5 Å². The molecule has 0 bridgehead atoms. The van der Waals surface area contributed by atoms with E-state index in [0.29, 0.717) is 4.75 Å². The van der Waals surface area contributed by atoms with E-state index in [4.69, 9.17) is 5.73 Å². The summed E-state index contributed by atoms with van der Waals surface area (Å²) in [5.74, 6) is 0. The predicted octanol–water partition coefficient (Wildman–Crippen LogP) is 2.40. The highest BCUT2D eigenvalue weighted by atomic mass is 32.2. The normalized spacial score (nSPS) is 21.8. The van der Waals surface area contributed by atoms with E-state index < -0.39 is 0 Å². The topological polar surface area (TPSA) is 26.0 Å². The lowest BCUT2D eigenvalue weighted by Crippen LogP contribution is -2.36. The molecule has 0 aromatic carbocycles. The van der Waals surface area contributed by atoms with Gasteiger partial charge in [0.25, 0.3) is 0 Å². The molecule has 66 valence electrons. The van der Waals surface area contributed by atoms with Gasteiger partial charge in [0.2, 0.25) is 0 Å². The van der Waals surface area contributed by atoms with Gasteiger partial charge in [-0.1, -0.05) is 20.3 Å². The van der Waals surface area contributed by atoms with E-state index in [-0.39, 0.29) is 0 Å². The molecule has 0 aromatic rings. The molecule has 1 rings (SSSR count). The number of rotatable bonds is 4. The van der Waals surface area contributed by atoms with Crippen LogP contribution in [-0.2, 0) is 0 Å². The van der Waals surface area contributed by atoms with Gasteiger partial charge in [-0.3, -0.25) is 0 Å². The van der Waals surface area contributed by atoms with E-state index in [1.807, 2.05) is 0 Å². The van der Waals surface area contributed by atoms with E-state index in [1.54, 1.807) is 0 Å². The molecule has 2 heteroatoms. The van der Waals surface area contributed by atoms with Crippen molar-refractivity contribution in [1.29, 1.82) is 0 Å². The van der Waals surface area contributed by atoms with Crippen LogP contribution < -0.4 is 5.73 Å². The van der Waals surface area contributed by atoms with Crippen molar-refractivity contribution in [1.82, 2.24) is 0 Å². The van der Waals surface area contributed by atoms with Crippen LogP contribution in [0.5, 0.6) is 0 Å². The first-order valence-electron chi connectivity index (χ1n) is 4.56. The van der Waals surface area contributed by atoms with Gasteiger partial charge in [0.05, 0.1) is 0 Å². The minimum atomic E-state index is 0.586. The Morgan fingerprint density at radius 3 is 2.36 bits per heavy atom. The molecule has 1 nitrogen and oxygen atoms in total. The third kappa shape index (κ3) is 2.38. The highest BCUT2D eigenvalue weighted by molar-refractivity contribution is 8.01. The van der Waals surface area contributed by atoms with Crippen LogP contribution in [0.4, 0.5) is 0 Å². The standard InChI is InChI=1S/C9H19NS/c1-8(2)11-9(6-7-10)4-3-5-9/h8H,3-7,10H2,1-2H3. The third-order valence-electron chi connectivity index (χ3n) is 2.35. The number of hydrogen-bond acceptors (Lipinski definition) is 2. The second-order valence-electron chi connectivity index (χ2n) is 3.74. The lowest BCUT2D eigenvalue weighted by Gasteiger charge is -2.42. The van der Waals surface area contributed by atoms with Gasteiger partial charge in [0, 0.05) is 4.75 Å². The molecule has 1 aliphatic carbocycles. The van der Waals surface area contributed by atoms with Crippen molar-refractivity contribution in [2.24, 2.45) is 5.73 Å². The average molecular weight is 173 g/mol. The van der Waals surface area contributed by atoms with Crippen molar-refractivity contribution >= 4 is 11.8 Å². The zero-order chi connectivity index (χ0) is 8.32. The quantitative estimate of drug-likeness (QED) is 0.706. The molecule has 0 radical (unpaired) electrons. The van der Waals surface area contributed by atoms with Gasteiger partial charge >= 0.3 is 0 Å². The smallest absolute Gasteiger partial charge is 0.0174 e. The molecule has 0 aromatic heterocycles. The summed E-state index contributed by atoms with van der Waals surface area (Å²) in [5, 5.41) is 0.766. The summed E-state index contributed by atoms with van der Waals surface area (Å²) in [6, 6.07) is 0. The fourth-order valence-corrected chi connectivity index (χ4v) is 3.52. The first-order valence-corrected chi connectivity index (χ1v) is 5.44. The third-order valence-corrected chi connectivity index (χ3v) is 3.93. The van der Waals surface area contributed by atoms with Crippen molar-refractivity contribution < 1.29 is 0 Å². The van der Waals surface area contributed by atoms with Gasteiger partial charge in [-0.25, -0.2) is 0 Å². The summed E-state index contributed by atoms with van der Waals surface area (Å²) >= 11 is 2.13. The monoisotopic (exact) mass is 173 g/mol. The van der Waals surface area contributed by atoms with E-state index in [9.17, 15) is 0 Å². The van der Waals surface area contributed by atoms with Gasteiger partial charge in [-0.2, -0.15) is 11.8 Å². The Hall–Kier alpha value is 0.310. The van der Waals surface area contributed by atoms with E-state index in [1.165, 1.54) is 25.7 Å². The van der Waals surface area contributed by atoms with Crippen LogP contribution in [0.25, 0.3) is 0 Å². The SMILES string of the molecule is CC(C)SC1(CCN)CCC1. The summed E-state index contributed by atoms with van der Waals surface area (Å²) < 4.78 is 0.586. The van der Waals surface area contributed by atoms with Crippen LogP contribution in [0.3, 0.4) is 0 Å². The highest BCUT2D eigenvalue weighted by Gasteiger charge is 2.37. The van der Waals surface area contributed by atoms with Crippen molar-refractivity contribution in [2.75, 3.05) is 6.54 Å². The number of thioether (sulfide) groups is 1. The number of nitrogens with two attached hydrogens (primary N) is 1. The van der Waals surface area contributed by atoms with Crippen LogP contribution in [-0.4, -0.2) is 16.5 Å². The second-order valence-corrected chi connectivity index (χ2v) is 5.79. The van der Waals surface area contributed by atoms with E-state index in [2.05, 4.69) is 25.6 Å². The van der Waals surface area contributed by atoms with Crippen LogP contribution in [0.15, 0.2) is 0 Å². The summed E-state index contributed by atoms with van der Waals surface area (Å²) in [7, 11) is 0. The van der Waals surface area contributed by atoms with Gasteiger partial charge in [-0.05, 0) is 31.1 Å². The lowest BCUT2D eigenvalue weighted by molar-refractivity contribution is 0.345. The fourth-order valence-electron chi connectivity index (χ4n) is 1.76. The Morgan fingerprint density at radius 1 is 1.45 bits per heavy atom. The Balaban J connectivity index is 2.33. The van der Waals surface area contributed by atoms with Crippen LogP contribution in [0.1, 0.15) is 39.5 Å². The summed E-state index contributed by atoms with van der Waals surface area (Å²) in [4.78, 5) is 0. The predicted molar refractivity (Wildman–Crippen MR) is 53.0 cm³/mol. The maximum absolute atomic E-state index is 5.59. The molecular formula is C9H19NS. The number of hydrogen-bond donors (Lipinski definition) is 1. The van der Waals surface area contributed by atoms with Crippen molar-refractivity contribution in [3.8, 4) is 0 Å². The highest BCUT2D eigenvalue weighted by Crippen LogP contribution is 2.47. The maximum Gasteiger partial charge on any atom is 0.0174 e. The summed E-state index contributed by atoms with van der Waals surface area (Å²) in [6.45, 7) is 5.42. The maximum atomic E-state index is 5.59. The Kier molecular flexibility index (Phi) is 3.26. The average Bonchev–Trinajstić information content (AvgIpc) is 1.82. The largest absolute Gasteiger partial charge is 0.330 e. The molecule has 1 saturated carbocycles. The molecule has 0 amide bonds. The second kappa shape index (κ2) is 3.81. The lowest BCUT2D eigenvalue weighted by atomic mass is 9.82. The molecule has 11 heavy (non-hydrogen) atoms. The molecule has 0 aliphatic heterocycles. The minimum absolute atomic E-state index is 0.586. The summed E-state index contributed by atoms with van der Waals surface area (Å²) in [6.07, 6.45) is 5.43. The zero-order valence-corrected chi connectivity index (χ0v) is 8.41. The van der Waals surface area contributed by atoms with Crippen LogP contribution in [0, 0.1) is 0 Å². The molecule has 1 fully saturated rings. The van der Waals surface area contributed by atoms with Crippen LogP contribution in [0.2, 0.25) is 0 Å². The van der Waals surface area contributed by atoms with Crippen LogP contribution >= 0.6 is 11.8 Å². The zero-order valence-electron chi connectivity index (χ0n) is 7.60. The summed E-state index contributed by atoms with van der Waals surface area (Å²) in [5.41, 5.74) is 5.59. The molecule has 2 N–H and O–H groups in total. The van der Waals surface area contributed by atoms with Gasteiger partial charge < -0.3 is 5.73 Å². The van der Waals surface area contributed by atoms with Gasteiger partial charge in [0.1, 0.15) is 0 Å². The first-order chi connectivity index (χ1) is 5.18. The van der Waals surface area contributed by atoms with Crippen molar-refractivity contribution in [3.63, 3.8) is 0 Å². The van der Waals surface area contributed by atoms with Gasteiger partial charge in [0.15, 0.2) is 0 Å². The van der Waals surface area contributed by atoms with Gasteiger partial charge in [-0.15, -0.1) is 0 Å². The van der Waals surface area contributed by atoms with E-state index >= 15 is 0 Å². The van der Waals surface area contributed by atoms with E-state index in [0.717, 1.165) is 11.8 Å². The molecule has 0 saturated heterocycles. The first kappa shape index (κ1) is 9.40. The van der Waals surface area contributed by atoms with Crippen molar-refractivity contribution in [3.05, 3.63) is 0 Å². The molecule has 1 aliphatic rings. The Labute approximate surface area is 74.1 Å². The Morgan fingerprint density at radius 2 is 2.09 bits per heavy atom.